The number of Topliss-reactive ketones (excluding diaryl/α,β-unsaturated/α-hetero) is 1. The van der Waals surface area contributed by atoms with E-state index in [-0.39, 0.29) is 5.78 Å². The maximum atomic E-state index is 12.8. The number of nitrogens with zero attached hydrogens (tertiary/aromatic N) is 1. The van der Waals surface area contributed by atoms with Crippen molar-refractivity contribution in [1.29, 1.82) is 0 Å². The van der Waals surface area contributed by atoms with Crippen LogP contribution in [-0.2, 0) is 4.74 Å². The van der Waals surface area contributed by atoms with E-state index in [2.05, 4.69) is 4.98 Å². The molecule has 0 bridgehead atoms. The first kappa shape index (κ1) is 15.6. The molecule has 0 aliphatic heterocycles. The monoisotopic (exact) mass is 317 g/mol. The highest BCUT2D eigenvalue weighted by Gasteiger charge is 2.26. The van der Waals surface area contributed by atoms with Crippen LogP contribution in [-0.4, -0.2) is 16.7 Å². The lowest BCUT2D eigenvalue weighted by Crippen LogP contribution is -2.20. The molecule has 0 saturated carbocycles. The van der Waals surface area contributed by atoms with Crippen molar-refractivity contribution in [3.63, 3.8) is 0 Å². The molecule has 0 amide bonds. The van der Waals surface area contributed by atoms with Crippen LogP contribution in [0, 0.1) is 0 Å². The van der Waals surface area contributed by atoms with Crippen LogP contribution in [0.3, 0.4) is 0 Å². The van der Waals surface area contributed by atoms with Crippen LogP contribution >= 0.6 is 0 Å². The summed E-state index contributed by atoms with van der Waals surface area (Å²) in [6.45, 7) is 0. The molecule has 1 atom stereocenters. The first-order valence-electron chi connectivity index (χ1n) is 7.51. The minimum Gasteiger partial charge on any atom is -0.445 e. The molecule has 1 aromatic heterocycles. The summed E-state index contributed by atoms with van der Waals surface area (Å²) in [5.41, 5.74) is 1.48. The van der Waals surface area contributed by atoms with Crippen LogP contribution in [0.1, 0.15) is 32.4 Å². The van der Waals surface area contributed by atoms with Crippen molar-refractivity contribution in [2.75, 3.05) is 0 Å². The molecule has 4 nitrogen and oxygen atoms in total. The number of esters is 1. The molecule has 0 saturated heterocycles. The molecular formula is C20H15NO3. The second-order valence-electron chi connectivity index (χ2n) is 5.16. The number of rotatable bonds is 5. The maximum Gasteiger partial charge on any atom is 0.339 e. The Balaban J connectivity index is 1.91. The van der Waals surface area contributed by atoms with Crippen molar-refractivity contribution in [2.24, 2.45) is 0 Å². The van der Waals surface area contributed by atoms with Gasteiger partial charge in [0.2, 0.25) is 5.78 Å². The molecule has 1 heterocycles. The Morgan fingerprint density at radius 1 is 0.750 bits per heavy atom. The summed E-state index contributed by atoms with van der Waals surface area (Å²) in [5.74, 6) is -0.820. The zero-order chi connectivity index (χ0) is 16.8. The Kier molecular flexibility index (Phi) is 4.77. The van der Waals surface area contributed by atoms with Crippen molar-refractivity contribution in [3.05, 3.63) is 102 Å². The Morgan fingerprint density at radius 2 is 1.33 bits per heavy atom. The van der Waals surface area contributed by atoms with Gasteiger partial charge in [0.15, 0.2) is 6.10 Å². The highest BCUT2D eigenvalue weighted by atomic mass is 16.5. The number of carbonyl (C=O) groups is 2. The van der Waals surface area contributed by atoms with Crippen LogP contribution in [0.15, 0.2) is 85.2 Å². The number of ether oxygens (including phenoxy) is 1. The van der Waals surface area contributed by atoms with Gasteiger partial charge in [-0.05, 0) is 12.1 Å². The molecule has 0 N–H and O–H groups in total. The molecule has 0 aliphatic carbocycles. The third-order valence-electron chi connectivity index (χ3n) is 3.54. The highest BCUT2D eigenvalue weighted by molar-refractivity contribution is 6.02. The quantitative estimate of drug-likeness (QED) is 0.529. The van der Waals surface area contributed by atoms with Gasteiger partial charge in [0.1, 0.15) is 0 Å². The number of benzene rings is 2. The van der Waals surface area contributed by atoms with Gasteiger partial charge < -0.3 is 4.74 Å². The molecule has 3 aromatic rings. The summed E-state index contributed by atoms with van der Waals surface area (Å²) in [5, 5.41) is 0. The minimum atomic E-state index is -0.991. The van der Waals surface area contributed by atoms with Crippen LogP contribution in [0.25, 0.3) is 0 Å². The molecule has 0 fully saturated rings. The minimum absolute atomic E-state index is 0.260. The van der Waals surface area contributed by atoms with E-state index in [1.165, 1.54) is 12.4 Å². The molecule has 24 heavy (non-hydrogen) atoms. The second kappa shape index (κ2) is 7.33. The lowest BCUT2D eigenvalue weighted by Gasteiger charge is -2.17. The summed E-state index contributed by atoms with van der Waals surface area (Å²) in [6, 6.07) is 20.9. The van der Waals surface area contributed by atoms with E-state index in [4.69, 9.17) is 4.74 Å². The van der Waals surface area contributed by atoms with Gasteiger partial charge in [-0.25, -0.2) is 4.79 Å². The smallest absolute Gasteiger partial charge is 0.339 e. The van der Waals surface area contributed by atoms with Gasteiger partial charge in [-0.15, -0.1) is 0 Å². The Labute approximate surface area is 139 Å². The van der Waals surface area contributed by atoms with Gasteiger partial charge in [0.25, 0.3) is 0 Å². The van der Waals surface area contributed by atoms with Gasteiger partial charge in [-0.2, -0.15) is 0 Å². The lowest BCUT2D eigenvalue weighted by atomic mass is 10.00. The summed E-state index contributed by atoms with van der Waals surface area (Å²) in [6.07, 6.45) is 2.02. The first-order valence-corrected chi connectivity index (χ1v) is 7.51. The van der Waals surface area contributed by atoms with Crippen molar-refractivity contribution < 1.29 is 14.3 Å². The largest absolute Gasteiger partial charge is 0.445 e. The molecule has 0 radical (unpaired) electrons. The number of aromatic nitrogens is 1. The fraction of sp³-hybridized carbons (Fsp3) is 0.0500. The second-order valence-corrected chi connectivity index (χ2v) is 5.16. The topological polar surface area (TPSA) is 56.3 Å². The predicted molar refractivity (Wildman–Crippen MR) is 89.6 cm³/mol. The number of hydrogen-bond donors (Lipinski definition) is 0. The summed E-state index contributed by atoms with van der Waals surface area (Å²) in [4.78, 5) is 29.1. The molecule has 3 rings (SSSR count). The van der Waals surface area contributed by atoms with Crippen molar-refractivity contribution in [2.45, 2.75) is 6.10 Å². The molecule has 2 aromatic carbocycles. The molecule has 118 valence electrons. The highest BCUT2D eigenvalue weighted by Crippen LogP contribution is 2.23. The number of carbonyl (C=O) groups excluding carboxylic acids is 2. The number of pyridine rings is 1. The van der Waals surface area contributed by atoms with Crippen LogP contribution < -0.4 is 0 Å². The standard InChI is InChI=1S/C20H15NO3/c22-18(15-7-3-1-4-8-15)19(16-9-5-2-6-10-16)24-20(23)17-11-13-21-14-12-17/h1-14,19H. The number of ketones is 1. The number of hydrogen-bond acceptors (Lipinski definition) is 4. The zero-order valence-corrected chi connectivity index (χ0v) is 12.8. The van der Waals surface area contributed by atoms with E-state index in [1.54, 1.807) is 60.7 Å². The van der Waals surface area contributed by atoms with E-state index < -0.39 is 12.1 Å². The van der Waals surface area contributed by atoms with E-state index in [1.807, 2.05) is 12.1 Å². The average molecular weight is 317 g/mol. The van der Waals surface area contributed by atoms with Crippen molar-refractivity contribution in [1.82, 2.24) is 4.98 Å². The van der Waals surface area contributed by atoms with E-state index >= 15 is 0 Å². The van der Waals surface area contributed by atoms with Crippen molar-refractivity contribution in [3.8, 4) is 0 Å². The van der Waals surface area contributed by atoms with Crippen LogP contribution in [0.2, 0.25) is 0 Å². The molecule has 0 aliphatic rings. The van der Waals surface area contributed by atoms with Crippen molar-refractivity contribution >= 4 is 11.8 Å². The van der Waals surface area contributed by atoms with Gasteiger partial charge >= 0.3 is 5.97 Å². The molecule has 1 unspecified atom stereocenters. The summed E-state index contributed by atoms with van der Waals surface area (Å²) in [7, 11) is 0. The van der Waals surface area contributed by atoms with Crippen LogP contribution in [0.5, 0.6) is 0 Å². The zero-order valence-electron chi connectivity index (χ0n) is 12.8. The normalized spacial score (nSPS) is 11.5. The lowest BCUT2D eigenvalue weighted by molar-refractivity contribution is 0.0280. The van der Waals surface area contributed by atoms with E-state index in [0.717, 1.165) is 0 Å². The maximum absolute atomic E-state index is 12.8. The molecule has 4 heteroatoms. The van der Waals surface area contributed by atoms with Gasteiger partial charge in [0, 0.05) is 23.5 Å². The Morgan fingerprint density at radius 3 is 1.96 bits per heavy atom. The van der Waals surface area contributed by atoms with Gasteiger partial charge in [0.05, 0.1) is 5.56 Å². The fourth-order valence-corrected chi connectivity index (χ4v) is 2.32. The Hall–Kier alpha value is -3.27. The first-order chi connectivity index (χ1) is 11.8. The summed E-state index contributed by atoms with van der Waals surface area (Å²) >= 11 is 0. The third kappa shape index (κ3) is 3.55. The summed E-state index contributed by atoms with van der Waals surface area (Å²) < 4.78 is 5.52. The van der Waals surface area contributed by atoms with Crippen LogP contribution in [0.4, 0.5) is 0 Å². The van der Waals surface area contributed by atoms with E-state index in [0.29, 0.717) is 16.7 Å². The predicted octanol–water partition coefficient (Wildman–Crippen LogP) is 3.86. The van der Waals surface area contributed by atoms with Gasteiger partial charge in [-0.3, -0.25) is 9.78 Å². The SMILES string of the molecule is O=C(OC(C(=O)c1ccccc1)c1ccccc1)c1ccncc1. The third-order valence-corrected chi connectivity index (χ3v) is 3.54. The fourth-order valence-electron chi connectivity index (χ4n) is 2.32. The molecular weight excluding hydrogens is 302 g/mol. The average Bonchev–Trinajstić information content (AvgIpc) is 2.67. The molecule has 0 spiro atoms. The Bertz CT molecular complexity index is 817. The van der Waals surface area contributed by atoms with E-state index in [9.17, 15) is 9.59 Å². The van der Waals surface area contributed by atoms with Gasteiger partial charge in [-0.1, -0.05) is 60.7 Å².